The Morgan fingerprint density at radius 1 is 1.21 bits per heavy atom. The number of aromatic nitrogens is 2. The molecule has 3 aromatic rings. The minimum Gasteiger partial charge on any atom is -0.493 e. The molecule has 1 aromatic heterocycles. The van der Waals surface area contributed by atoms with Crippen molar-refractivity contribution in [3.8, 4) is 5.75 Å². The summed E-state index contributed by atoms with van der Waals surface area (Å²) in [5.74, 6) is 1.80. The van der Waals surface area contributed by atoms with Gasteiger partial charge in [0.05, 0.1) is 17.6 Å². The van der Waals surface area contributed by atoms with Crippen molar-refractivity contribution in [3.63, 3.8) is 0 Å². The highest BCUT2D eigenvalue weighted by Gasteiger charge is 2.10. The zero-order chi connectivity index (χ0) is 20.6. The Kier molecular flexibility index (Phi) is 7.06. The lowest BCUT2D eigenvalue weighted by Gasteiger charge is -2.12. The first-order valence-electron chi connectivity index (χ1n) is 10.1. The van der Waals surface area contributed by atoms with Crippen LogP contribution in [0.25, 0.3) is 11.0 Å². The van der Waals surface area contributed by atoms with E-state index >= 15 is 0 Å². The van der Waals surface area contributed by atoms with E-state index in [1.165, 1.54) is 17.2 Å². The number of carbonyl (C=O) groups is 1. The number of fused-ring (bicyclic) bond motifs is 1. The van der Waals surface area contributed by atoms with Crippen LogP contribution >= 0.6 is 0 Å². The predicted molar refractivity (Wildman–Crippen MR) is 117 cm³/mol. The number of aryl methyl sites for hydroxylation is 3. The Hall–Kier alpha value is -3.08. The number of amides is 1. The molecule has 0 aliphatic rings. The molecule has 0 saturated heterocycles. The molecule has 0 unspecified atom stereocenters. The van der Waals surface area contributed by atoms with Crippen LogP contribution < -0.4 is 10.1 Å². The predicted octanol–water partition coefficient (Wildman–Crippen LogP) is 4.36. The van der Waals surface area contributed by atoms with E-state index < -0.39 is 0 Å². The van der Waals surface area contributed by atoms with Crippen LogP contribution in [0.1, 0.15) is 29.8 Å². The van der Waals surface area contributed by atoms with Gasteiger partial charge >= 0.3 is 0 Å². The van der Waals surface area contributed by atoms with E-state index in [9.17, 15) is 4.79 Å². The number of nitrogens with one attached hydrogen (secondary N) is 1. The molecule has 29 heavy (non-hydrogen) atoms. The van der Waals surface area contributed by atoms with Crippen molar-refractivity contribution in [1.29, 1.82) is 0 Å². The SMILES string of the molecule is C=CC(=O)NCCc1nc2ccccc2n1CCCCOc1cc(C)ccc1C. The normalized spacial score (nSPS) is 10.8. The van der Waals surface area contributed by atoms with Gasteiger partial charge in [-0.25, -0.2) is 4.98 Å². The summed E-state index contributed by atoms with van der Waals surface area (Å²) in [6.45, 7) is 9.75. The van der Waals surface area contributed by atoms with Crippen molar-refractivity contribution in [2.75, 3.05) is 13.2 Å². The first kappa shape index (κ1) is 20.6. The van der Waals surface area contributed by atoms with Crippen LogP contribution in [-0.4, -0.2) is 28.6 Å². The van der Waals surface area contributed by atoms with Gasteiger partial charge in [-0.1, -0.05) is 30.8 Å². The Bertz CT molecular complexity index is 991. The Morgan fingerprint density at radius 3 is 2.86 bits per heavy atom. The average molecular weight is 392 g/mol. The number of imidazole rings is 1. The quantitative estimate of drug-likeness (QED) is 0.413. The van der Waals surface area contributed by atoms with Crippen molar-refractivity contribution < 1.29 is 9.53 Å². The van der Waals surface area contributed by atoms with Crippen molar-refractivity contribution in [2.45, 2.75) is 39.7 Å². The van der Waals surface area contributed by atoms with E-state index in [1.54, 1.807) is 0 Å². The number of rotatable bonds is 10. The van der Waals surface area contributed by atoms with E-state index in [2.05, 4.69) is 54.6 Å². The lowest BCUT2D eigenvalue weighted by Crippen LogP contribution is -2.24. The molecule has 0 fully saturated rings. The second-order valence-electron chi connectivity index (χ2n) is 7.24. The van der Waals surface area contributed by atoms with Gasteiger partial charge in [-0.15, -0.1) is 0 Å². The summed E-state index contributed by atoms with van der Waals surface area (Å²) in [5.41, 5.74) is 4.50. The molecule has 1 amide bonds. The van der Waals surface area contributed by atoms with Crippen LogP contribution in [0.3, 0.4) is 0 Å². The first-order chi connectivity index (χ1) is 14.1. The molecule has 2 aromatic carbocycles. The molecular formula is C24H29N3O2. The summed E-state index contributed by atoms with van der Waals surface area (Å²) < 4.78 is 8.23. The van der Waals surface area contributed by atoms with Crippen molar-refractivity contribution in [1.82, 2.24) is 14.9 Å². The van der Waals surface area contributed by atoms with Gasteiger partial charge in [0.15, 0.2) is 0 Å². The summed E-state index contributed by atoms with van der Waals surface area (Å²) in [4.78, 5) is 16.2. The second-order valence-corrected chi connectivity index (χ2v) is 7.24. The third-order valence-corrected chi connectivity index (χ3v) is 4.94. The van der Waals surface area contributed by atoms with E-state index in [0.29, 0.717) is 19.6 Å². The van der Waals surface area contributed by atoms with Gasteiger partial charge in [0.1, 0.15) is 11.6 Å². The molecule has 0 aliphatic heterocycles. The van der Waals surface area contributed by atoms with E-state index in [1.807, 2.05) is 18.2 Å². The van der Waals surface area contributed by atoms with Crippen LogP contribution in [0, 0.1) is 13.8 Å². The van der Waals surface area contributed by atoms with Gasteiger partial charge in [0.2, 0.25) is 5.91 Å². The molecular weight excluding hydrogens is 362 g/mol. The molecule has 0 aliphatic carbocycles. The fourth-order valence-electron chi connectivity index (χ4n) is 3.35. The number of unbranched alkanes of at least 4 members (excludes halogenated alkanes) is 1. The van der Waals surface area contributed by atoms with Crippen LogP contribution in [0.2, 0.25) is 0 Å². The number of carbonyl (C=O) groups excluding carboxylic acids is 1. The summed E-state index contributed by atoms with van der Waals surface area (Å²) in [7, 11) is 0. The minimum absolute atomic E-state index is 0.156. The Labute approximate surface area is 172 Å². The molecule has 0 spiro atoms. The van der Waals surface area contributed by atoms with Gasteiger partial charge in [0, 0.05) is 19.5 Å². The Balaban J connectivity index is 1.58. The highest BCUT2D eigenvalue weighted by Crippen LogP contribution is 2.20. The minimum atomic E-state index is -0.156. The first-order valence-corrected chi connectivity index (χ1v) is 10.1. The fraction of sp³-hybridized carbons (Fsp3) is 0.333. The molecule has 3 rings (SSSR count). The molecule has 0 atom stereocenters. The molecule has 152 valence electrons. The summed E-state index contributed by atoms with van der Waals surface area (Å²) in [5, 5.41) is 2.83. The lowest BCUT2D eigenvalue weighted by molar-refractivity contribution is -0.116. The van der Waals surface area contributed by atoms with Crippen molar-refractivity contribution in [2.24, 2.45) is 0 Å². The molecule has 5 nitrogen and oxygen atoms in total. The number of hydrogen-bond donors (Lipinski definition) is 1. The maximum Gasteiger partial charge on any atom is 0.243 e. The topological polar surface area (TPSA) is 56.2 Å². The van der Waals surface area contributed by atoms with Crippen LogP contribution in [-0.2, 0) is 17.8 Å². The molecule has 1 heterocycles. The van der Waals surface area contributed by atoms with E-state index in [-0.39, 0.29) is 5.91 Å². The largest absolute Gasteiger partial charge is 0.493 e. The number of para-hydroxylation sites is 2. The van der Waals surface area contributed by atoms with Gasteiger partial charge in [-0.2, -0.15) is 0 Å². The average Bonchev–Trinajstić information content (AvgIpc) is 3.07. The lowest BCUT2D eigenvalue weighted by atomic mass is 10.1. The number of hydrogen-bond acceptors (Lipinski definition) is 3. The summed E-state index contributed by atoms with van der Waals surface area (Å²) in [6.07, 6.45) is 3.94. The van der Waals surface area contributed by atoms with Crippen LogP contribution in [0.5, 0.6) is 5.75 Å². The zero-order valence-corrected chi connectivity index (χ0v) is 17.3. The van der Waals surface area contributed by atoms with E-state index in [0.717, 1.165) is 42.0 Å². The van der Waals surface area contributed by atoms with Crippen molar-refractivity contribution >= 4 is 16.9 Å². The molecule has 0 bridgehead atoms. The molecule has 5 heteroatoms. The second kappa shape index (κ2) is 9.92. The number of nitrogens with zero attached hydrogens (tertiary/aromatic N) is 2. The smallest absolute Gasteiger partial charge is 0.243 e. The van der Waals surface area contributed by atoms with Gasteiger partial charge < -0.3 is 14.6 Å². The fourth-order valence-corrected chi connectivity index (χ4v) is 3.35. The third-order valence-electron chi connectivity index (χ3n) is 4.94. The molecule has 0 saturated carbocycles. The van der Waals surface area contributed by atoms with Gasteiger partial charge in [-0.3, -0.25) is 4.79 Å². The highest BCUT2D eigenvalue weighted by atomic mass is 16.5. The zero-order valence-electron chi connectivity index (χ0n) is 17.3. The third kappa shape index (κ3) is 5.47. The van der Waals surface area contributed by atoms with E-state index in [4.69, 9.17) is 9.72 Å². The van der Waals surface area contributed by atoms with Crippen molar-refractivity contribution in [3.05, 3.63) is 72.1 Å². The number of ether oxygens (including phenoxy) is 1. The van der Waals surface area contributed by atoms with Gasteiger partial charge in [0.25, 0.3) is 0 Å². The maximum atomic E-state index is 11.4. The molecule has 0 radical (unpaired) electrons. The Morgan fingerprint density at radius 2 is 2.03 bits per heavy atom. The van der Waals surface area contributed by atoms with Crippen LogP contribution in [0.15, 0.2) is 55.1 Å². The molecule has 1 N–H and O–H groups in total. The monoisotopic (exact) mass is 391 g/mol. The maximum absolute atomic E-state index is 11.4. The summed E-state index contributed by atoms with van der Waals surface area (Å²) >= 11 is 0. The highest BCUT2D eigenvalue weighted by molar-refractivity contribution is 5.86. The summed E-state index contributed by atoms with van der Waals surface area (Å²) in [6, 6.07) is 14.5. The van der Waals surface area contributed by atoms with Crippen LogP contribution in [0.4, 0.5) is 0 Å². The van der Waals surface area contributed by atoms with Gasteiger partial charge in [-0.05, 0) is 62.1 Å². The number of benzene rings is 2. The standard InChI is InChI=1S/C24H29N3O2/c1-4-24(28)25-14-13-23-26-20-9-5-6-10-21(20)27(23)15-7-8-16-29-22-17-18(2)11-12-19(22)3/h4-6,9-12,17H,1,7-8,13-16H2,2-3H3,(H,25,28).